The smallest absolute Gasteiger partial charge is 0 e. The molecule has 0 aromatic rings. The minimum atomic E-state index is 0. The molecule has 31 valence electrons. The molecule has 0 saturated heterocycles. The van der Waals surface area contributed by atoms with Crippen LogP contribution >= 0.6 is 0 Å². The number of allylic oxidation sites excluding steroid dienone is 2. The molecule has 0 aromatic carbocycles. The number of hydrogen-bond acceptors (Lipinski definition) is 1. The van der Waals surface area contributed by atoms with Gasteiger partial charge in [-0.15, -0.1) is 0 Å². The van der Waals surface area contributed by atoms with Crippen LogP contribution < -0.4 is 0 Å². The van der Waals surface area contributed by atoms with Gasteiger partial charge in [-0.05, 0) is 6.29 Å². The van der Waals surface area contributed by atoms with Gasteiger partial charge >= 0.3 is 0 Å². The van der Waals surface area contributed by atoms with E-state index in [2.05, 4.69) is 6.08 Å². The zero-order valence-corrected chi connectivity index (χ0v) is 6.48. The van der Waals surface area contributed by atoms with Crippen LogP contribution in [0.15, 0.2) is 6.08 Å². The molecule has 0 aliphatic carbocycles. The minimum absolute atomic E-state index is 0. The van der Waals surface area contributed by atoms with Crippen LogP contribution in [0, 0.1) is 6.08 Å². The number of rotatable bonds is 1. The van der Waals surface area contributed by atoms with Crippen molar-refractivity contribution in [2.75, 3.05) is 0 Å². The molecule has 0 atom stereocenters. The van der Waals surface area contributed by atoms with Gasteiger partial charge in [-0.2, -0.15) is 0 Å². The van der Waals surface area contributed by atoms with Crippen LogP contribution in [-0.2, 0) is 37.5 Å². The fraction of sp³-hybridized carbons (Fsp3) is 0.250. The first-order valence-corrected chi connectivity index (χ1v) is 1.39. The quantitative estimate of drug-likeness (QED) is 0.309. The second kappa shape index (κ2) is 9.10. The number of carbonyl (C=O) groups excluding carboxylic acids is 1. The monoisotopic (exact) mass is 158 g/mol. The van der Waals surface area contributed by atoms with Crippen LogP contribution in [-0.4, -0.2) is 6.29 Å². The van der Waals surface area contributed by atoms with Crippen molar-refractivity contribution in [3.8, 4) is 0 Å². The molecule has 6 heavy (non-hydrogen) atoms. The Labute approximate surface area is 62.7 Å². The molecule has 1 nitrogen and oxygen atoms in total. The number of carbonyl (C=O) groups is 1. The summed E-state index contributed by atoms with van der Waals surface area (Å²) >= 11 is 0. The molecule has 0 aromatic heterocycles. The molecule has 2 heteroatoms. The van der Waals surface area contributed by atoms with E-state index in [1.165, 1.54) is 0 Å². The molecule has 0 fully saturated rings. The third-order valence-electron chi connectivity index (χ3n) is 0.235. The summed E-state index contributed by atoms with van der Waals surface area (Å²) in [5.41, 5.74) is 0. The van der Waals surface area contributed by atoms with Gasteiger partial charge < -0.3 is 10.9 Å². The zero-order chi connectivity index (χ0) is 4.12. The van der Waals surface area contributed by atoms with Crippen LogP contribution in [0.5, 0.6) is 0 Å². The molecule has 0 N–H and O–H groups in total. The van der Waals surface area contributed by atoms with Crippen LogP contribution in [0.2, 0.25) is 0 Å². The Morgan fingerprint density at radius 2 is 2.17 bits per heavy atom. The van der Waals surface area contributed by atoms with Crippen molar-refractivity contribution in [3.05, 3.63) is 12.2 Å². The van der Waals surface area contributed by atoms with Crippen LogP contribution in [0.4, 0.5) is 0 Å². The third kappa shape index (κ3) is 8.82. The molecule has 0 heterocycles. The molecule has 0 amide bonds. The van der Waals surface area contributed by atoms with Gasteiger partial charge in [0, 0.05) is 32.7 Å². The summed E-state index contributed by atoms with van der Waals surface area (Å²) in [6.45, 7) is 1.74. The van der Waals surface area contributed by atoms with E-state index in [9.17, 15) is 4.79 Å². The van der Waals surface area contributed by atoms with E-state index in [-0.39, 0.29) is 32.7 Å². The molecule has 0 rings (SSSR count). The fourth-order valence-corrected chi connectivity index (χ4v) is 0.0680. The van der Waals surface area contributed by atoms with Crippen molar-refractivity contribution in [2.24, 2.45) is 0 Å². The SMILES string of the molecule is CC=[C-]C=O.[Y]. The Bertz CT molecular complexity index is 49.5. The van der Waals surface area contributed by atoms with Gasteiger partial charge in [-0.3, -0.25) is 6.08 Å². The third-order valence-corrected chi connectivity index (χ3v) is 0.235. The Hall–Kier alpha value is 0.514. The van der Waals surface area contributed by atoms with Gasteiger partial charge in [0.1, 0.15) is 0 Å². The van der Waals surface area contributed by atoms with E-state index >= 15 is 0 Å². The zero-order valence-electron chi connectivity index (χ0n) is 3.64. The Balaban J connectivity index is 0. The Morgan fingerprint density at radius 3 is 2.17 bits per heavy atom. The summed E-state index contributed by atoms with van der Waals surface area (Å²) < 4.78 is 0. The molecule has 0 spiro atoms. The van der Waals surface area contributed by atoms with Gasteiger partial charge in [0.05, 0.1) is 0 Å². The van der Waals surface area contributed by atoms with Crippen LogP contribution in [0.3, 0.4) is 0 Å². The van der Waals surface area contributed by atoms with E-state index in [4.69, 9.17) is 0 Å². The molecule has 0 aliphatic heterocycles. The predicted molar refractivity (Wildman–Crippen MR) is 19.6 cm³/mol. The first-order valence-electron chi connectivity index (χ1n) is 1.39. The first kappa shape index (κ1) is 9.72. The molecular weight excluding hydrogens is 153 g/mol. The molecule has 0 aliphatic rings. The van der Waals surface area contributed by atoms with Crippen molar-refractivity contribution in [1.82, 2.24) is 0 Å². The summed E-state index contributed by atoms with van der Waals surface area (Å²) in [4.78, 5) is 9.26. The fourth-order valence-electron chi connectivity index (χ4n) is 0.0680. The van der Waals surface area contributed by atoms with E-state index in [1.807, 2.05) is 0 Å². The molecule has 0 saturated carbocycles. The second-order valence-corrected chi connectivity index (χ2v) is 0.573. The van der Waals surface area contributed by atoms with Gasteiger partial charge in [0.2, 0.25) is 0 Å². The van der Waals surface area contributed by atoms with Crippen molar-refractivity contribution < 1.29 is 37.5 Å². The van der Waals surface area contributed by atoms with Crippen LogP contribution in [0.1, 0.15) is 6.92 Å². The molecule has 0 unspecified atom stereocenters. The number of hydrogen-bond donors (Lipinski definition) is 0. The minimum Gasteiger partial charge on any atom is -0.435 e. The average Bonchev–Trinajstić information content (AvgIpc) is 1.41. The van der Waals surface area contributed by atoms with Crippen molar-refractivity contribution in [1.29, 1.82) is 0 Å². The van der Waals surface area contributed by atoms with E-state index in [0.29, 0.717) is 6.29 Å². The average molecular weight is 158 g/mol. The molecule has 1 radical (unpaired) electrons. The summed E-state index contributed by atoms with van der Waals surface area (Å²) in [6, 6.07) is 0. The van der Waals surface area contributed by atoms with Crippen molar-refractivity contribution in [3.63, 3.8) is 0 Å². The summed E-state index contributed by atoms with van der Waals surface area (Å²) in [7, 11) is 0. The van der Waals surface area contributed by atoms with E-state index in [1.54, 1.807) is 13.0 Å². The summed E-state index contributed by atoms with van der Waals surface area (Å²) in [6.07, 6.45) is 4.49. The van der Waals surface area contributed by atoms with Gasteiger partial charge in [-0.25, -0.2) is 0 Å². The van der Waals surface area contributed by atoms with Crippen LogP contribution in [0.25, 0.3) is 0 Å². The molecule has 0 bridgehead atoms. The Morgan fingerprint density at radius 1 is 1.67 bits per heavy atom. The predicted octanol–water partition coefficient (Wildman–Crippen LogP) is 0.562. The number of aldehydes is 1. The molecular formula is C4H5OY-. The van der Waals surface area contributed by atoms with Gasteiger partial charge in [0.25, 0.3) is 0 Å². The maximum Gasteiger partial charge on any atom is 0 e. The maximum atomic E-state index is 9.26. The second-order valence-electron chi connectivity index (χ2n) is 0.573. The van der Waals surface area contributed by atoms with Gasteiger partial charge in [-0.1, -0.05) is 6.92 Å². The first-order chi connectivity index (χ1) is 2.41. The maximum absolute atomic E-state index is 9.26. The standard InChI is InChI=1S/C4H5O.Y/c1-2-3-4-5;/h2,4H,1H3;/q-1;. The Kier molecular flexibility index (Phi) is 14.7. The normalized spacial score (nSPS) is 7.50. The van der Waals surface area contributed by atoms with Gasteiger partial charge in [0.15, 0.2) is 0 Å². The van der Waals surface area contributed by atoms with E-state index < -0.39 is 0 Å². The summed E-state index contributed by atoms with van der Waals surface area (Å²) in [5.74, 6) is 0. The topological polar surface area (TPSA) is 17.1 Å². The summed E-state index contributed by atoms with van der Waals surface area (Å²) in [5, 5.41) is 0. The van der Waals surface area contributed by atoms with Crippen molar-refractivity contribution in [2.45, 2.75) is 6.92 Å². The van der Waals surface area contributed by atoms with E-state index in [0.717, 1.165) is 0 Å². The van der Waals surface area contributed by atoms with Crippen molar-refractivity contribution >= 4 is 6.29 Å². The largest absolute Gasteiger partial charge is 0.435 e.